The Labute approximate surface area is 358 Å². The van der Waals surface area contributed by atoms with Crippen molar-refractivity contribution >= 4 is 32.3 Å². The van der Waals surface area contributed by atoms with E-state index in [9.17, 15) is 0 Å². The van der Waals surface area contributed by atoms with Gasteiger partial charge in [0.15, 0.2) is 17.5 Å². The Bertz CT molecular complexity index is 3210. The Balaban J connectivity index is 1.09. The molecule has 0 aliphatic heterocycles. The zero-order chi connectivity index (χ0) is 40.5. The molecule has 3 heterocycles. The minimum atomic E-state index is 0.612. The summed E-state index contributed by atoms with van der Waals surface area (Å²) in [4.78, 5) is 22.0. The van der Waals surface area contributed by atoms with E-state index in [1.807, 2.05) is 23.5 Å². The van der Waals surface area contributed by atoms with E-state index in [4.69, 9.17) is 19.9 Å². The first kappa shape index (κ1) is 36.2. The number of para-hydroxylation sites is 1. The standard InChI is InChI=1S/C56H36N4S/c1-5-16-37(17-6-1)39-28-32-43(33-29-39)54-58-55(44-34-30-40(31-35-44)38-18-7-2-8-19-38)60-56(59-54)46-25-15-24-45(36-46)52-49(41-20-9-3-10-21-41)50-51(42-22-11-4-12-23-42)57-48-27-14-13-26-47(48)53(50)61-52/h1-36H. The van der Waals surface area contributed by atoms with Gasteiger partial charge >= 0.3 is 0 Å². The Morgan fingerprint density at radius 3 is 1.26 bits per heavy atom. The molecule has 3 aromatic heterocycles. The Morgan fingerprint density at radius 1 is 0.295 bits per heavy atom. The van der Waals surface area contributed by atoms with Gasteiger partial charge in [0, 0.05) is 48.2 Å². The lowest BCUT2D eigenvalue weighted by molar-refractivity contribution is 1.07. The first-order valence-corrected chi connectivity index (χ1v) is 21.2. The predicted octanol–water partition coefficient (Wildman–Crippen LogP) is 15.0. The van der Waals surface area contributed by atoms with Crippen molar-refractivity contribution in [3.63, 3.8) is 0 Å². The van der Waals surface area contributed by atoms with Crippen LogP contribution in [-0.4, -0.2) is 19.9 Å². The van der Waals surface area contributed by atoms with Gasteiger partial charge in [-0.15, -0.1) is 11.3 Å². The lowest BCUT2D eigenvalue weighted by Gasteiger charge is -2.12. The topological polar surface area (TPSA) is 51.6 Å². The number of benzene rings is 8. The molecular weight excluding hydrogens is 761 g/mol. The fourth-order valence-electron chi connectivity index (χ4n) is 8.12. The Kier molecular flexibility index (Phi) is 9.34. The van der Waals surface area contributed by atoms with Crippen LogP contribution in [0.15, 0.2) is 218 Å². The van der Waals surface area contributed by atoms with E-state index in [0.29, 0.717) is 17.5 Å². The highest BCUT2D eigenvalue weighted by molar-refractivity contribution is 7.24. The van der Waals surface area contributed by atoms with Crippen LogP contribution < -0.4 is 0 Å². The molecule has 11 aromatic rings. The molecule has 286 valence electrons. The molecule has 4 nitrogen and oxygen atoms in total. The molecule has 0 fully saturated rings. The number of hydrogen-bond acceptors (Lipinski definition) is 5. The van der Waals surface area contributed by atoms with Gasteiger partial charge in [-0.25, -0.2) is 19.9 Å². The molecule has 5 heteroatoms. The average Bonchev–Trinajstić information content (AvgIpc) is 3.76. The molecule has 0 N–H and O–H groups in total. The summed E-state index contributed by atoms with van der Waals surface area (Å²) in [6, 6.07) is 76.2. The molecule has 0 saturated heterocycles. The maximum absolute atomic E-state index is 5.33. The van der Waals surface area contributed by atoms with Crippen LogP contribution in [0.2, 0.25) is 0 Å². The molecule has 0 unspecified atom stereocenters. The van der Waals surface area contributed by atoms with Gasteiger partial charge in [0.1, 0.15) is 0 Å². The van der Waals surface area contributed by atoms with Crippen LogP contribution in [0.3, 0.4) is 0 Å². The molecule has 0 aliphatic carbocycles. The van der Waals surface area contributed by atoms with Crippen LogP contribution in [0.5, 0.6) is 0 Å². The number of hydrogen-bond donors (Lipinski definition) is 0. The van der Waals surface area contributed by atoms with Gasteiger partial charge in [0.25, 0.3) is 0 Å². The zero-order valence-electron chi connectivity index (χ0n) is 33.0. The second-order valence-electron chi connectivity index (χ2n) is 15.0. The zero-order valence-corrected chi connectivity index (χ0v) is 33.8. The van der Waals surface area contributed by atoms with Crippen LogP contribution in [0.1, 0.15) is 0 Å². The van der Waals surface area contributed by atoms with E-state index < -0.39 is 0 Å². The van der Waals surface area contributed by atoms with Gasteiger partial charge in [-0.05, 0) is 45.5 Å². The van der Waals surface area contributed by atoms with Crippen molar-refractivity contribution < 1.29 is 0 Å². The summed E-state index contributed by atoms with van der Waals surface area (Å²) in [5.74, 6) is 1.85. The summed E-state index contributed by atoms with van der Waals surface area (Å²) in [6.07, 6.45) is 0. The Hall–Kier alpha value is -7.86. The largest absolute Gasteiger partial charge is 0.247 e. The van der Waals surface area contributed by atoms with Crippen LogP contribution in [0, 0.1) is 0 Å². The van der Waals surface area contributed by atoms with Crippen molar-refractivity contribution in [2.45, 2.75) is 0 Å². The number of thiophene rings is 1. The van der Waals surface area contributed by atoms with Gasteiger partial charge < -0.3 is 0 Å². The minimum Gasteiger partial charge on any atom is -0.247 e. The van der Waals surface area contributed by atoms with Crippen LogP contribution in [0.4, 0.5) is 0 Å². The summed E-state index contributed by atoms with van der Waals surface area (Å²) in [6.45, 7) is 0. The molecule has 0 atom stereocenters. The van der Waals surface area contributed by atoms with E-state index in [1.54, 1.807) is 0 Å². The molecular formula is C56H36N4S. The fraction of sp³-hybridized carbons (Fsp3) is 0. The van der Waals surface area contributed by atoms with Crippen molar-refractivity contribution in [3.05, 3.63) is 218 Å². The van der Waals surface area contributed by atoms with Crippen molar-refractivity contribution in [1.82, 2.24) is 19.9 Å². The Morgan fingerprint density at radius 2 is 0.705 bits per heavy atom. The number of fused-ring (bicyclic) bond motifs is 3. The van der Waals surface area contributed by atoms with Gasteiger partial charge in [0.2, 0.25) is 0 Å². The quantitative estimate of drug-likeness (QED) is 0.154. The third kappa shape index (κ3) is 6.97. The molecule has 0 bridgehead atoms. The van der Waals surface area contributed by atoms with E-state index in [-0.39, 0.29) is 0 Å². The number of rotatable bonds is 8. The van der Waals surface area contributed by atoms with Crippen LogP contribution >= 0.6 is 11.3 Å². The third-order valence-electron chi connectivity index (χ3n) is 11.2. The smallest absolute Gasteiger partial charge is 0.164 e. The maximum Gasteiger partial charge on any atom is 0.164 e. The van der Waals surface area contributed by atoms with Gasteiger partial charge in [0.05, 0.1) is 11.2 Å². The molecule has 8 aromatic carbocycles. The summed E-state index contributed by atoms with van der Waals surface area (Å²) in [5.41, 5.74) is 13.8. The highest BCUT2D eigenvalue weighted by Crippen LogP contribution is 2.50. The summed E-state index contributed by atoms with van der Waals surface area (Å²) in [5, 5.41) is 2.30. The second-order valence-corrected chi connectivity index (χ2v) is 16.0. The average molecular weight is 797 g/mol. The number of aromatic nitrogens is 4. The monoisotopic (exact) mass is 796 g/mol. The maximum atomic E-state index is 5.33. The molecule has 61 heavy (non-hydrogen) atoms. The third-order valence-corrected chi connectivity index (χ3v) is 12.4. The molecule has 0 radical (unpaired) electrons. The van der Waals surface area contributed by atoms with E-state index in [0.717, 1.165) is 77.6 Å². The molecule has 0 spiro atoms. The first-order valence-electron chi connectivity index (χ1n) is 20.4. The lowest BCUT2D eigenvalue weighted by Crippen LogP contribution is -2.00. The SMILES string of the molecule is c1ccc(-c2ccc(-c3nc(-c4ccc(-c5ccccc5)cc4)nc(-c4cccc(-c5sc6c(c(-c7ccccc7)nc7ccccc76)c5-c5ccccc5)c4)n3)cc2)cc1. The fourth-order valence-corrected chi connectivity index (χ4v) is 9.48. The number of pyridine rings is 1. The lowest BCUT2D eigenvalue weighted by atomic mass is 9.94. The molecule has 11 rings (SSSR count). The van der Waals surface area contributed by atoms with Gasteiger partial charge in [-0.1, -0.05) is 206 Å². The minimum absolute atomic E-state index is 0.612. The van der Waals surface area contributed by atoms with Gasteiger partial charge in [-0.2, -0.15) is 0 Å². The summed E-state index contributed by atoms with van der Waals surface area (Å²) in [7, 11) is 0. The van der Waals surface area contributed by atoms with E-state index in [1.165, 1.54) is 15.1 Å². The van der Waals surface area contributed by atoms with Crippen molar-refractivity contribution in [3.8, 4) is 89.2 Å². The number of nitrogens with zero attached hydrogens (tertiary/aromatic N) is 4. The van der Waals surface area contributed by atoms with E-state index >= 15 is 0 Å². The predicted molar refractivity (Wildman–Crippen MR) is 254 cm³/mol. The molecule has 0 saturated carbocycles. The second kappa shape index (κ2) is 15.7. The van der Waals surface area contributed by atoms with Crippen LogP contribution in [-0.2, 0) is 0 Å². The van der Waals surface area contributed by atoms with Gasteiger partial charge in [-0.3, -0.25) is 0 Å². The van der Waals surface area contributed by atoms with E-state index in [2.05, 4.69) is 206 Å². The highest BCUT2D eigenvalue weighted by atomic mass is 32.1. The first-order chi connectivity index (χ1) is 30.2. The molecule has 0 amide bonds. The highest BCUT2D eigenvalue weighted by Gasteiger charge is 2.23. The van der Waals surface area contributed by atoms with Crippen molar-refractivity contribution in [2.75, 3.05) is 0 Å². The van der Waals surface area contributed by atoms with Crippen molar-refractivity contribution in [2.24, 2.45) is 0 Å². The normalized spacial score (nSPS) is 11.3. The molecule has 0 aliphatic rings. The summed E-state index contributed by atoms with van der Waals surface area (Å²) < 4.78 is 1.21. The van der Waals surface area contributed by atoms with Crippen LogP contribution in [0.25, 0.3) is 110 Å². The van der Waals surface area contributed by atoms with Crippen molar-refractivity contribution in [1.29, 1.82) is 0 Å². The summed E-state index contributed by atoms with van der Waals surface area (Å²) >= 11 is 1.82.